The molecule has 5 nitrogen and oxygen atoms in total. The predicted molar refractivity (Wildman–Crippen MR) is 67.8 cm³/mol. The summed E-state index contributed by atoms with van der Waals surface area (Å²) in [4.78, 5) is 6.60. The molecule has 0 saturated heterocycles. The van der Waals surface area contributed by atoms with E-state index in [0.29, 0.717) is 17.9 Å². The molecule has 98 valence electrons. The number of nitrogens with one attached hydrogen (secondary N) is 1. The highest BCUT2D eigenvalue weighted by molar-refractivity contribution is 4.95. The van der Waals surface area contributed by atoms with Gasteiger partial charge in [-0.1, -0.05) is 19.0 Å². The number of hydrogen-bond acceptors (Lipinski definition) is 5. The van der Waals surface area contributed by atoms with Crippen LogP contribution in [0.3, 0.4) is 0 Å². The van der Waals surface area contributed by atoms with Crippen LogP contribution >= 0.6 is 0 Å². The van der Waals surface area contributed by atoms with Crippen LogP contribution in [0.1, 0.15) is 38.5 Å². The van der Waals surface area contributed by atoms with E-state index in [4.69, 9.17) is 4.52 Å². The molecule has 0 aliphatic heterocycles. The average Bonchev–Trinajstić information content (AvgIpc) is 2.64. The summed E-state index contributed by atoms with van der Waals surface area (Å²) in [5.74, 6) is 1.93. The first kappa shape index (κ1) is 14.1. The fourth-order valence-electron chi connectivity index (χ4n) is 1.95. The van der Waals surface area contributed by atoms with Gasteiger partial charge in [-0.05, 0) is 34.0 Å². The van der Waals surface area contributed by atoms with Gasteiger partial charge in [-0.3, -0.25) is 4.90 Å². The van der Waals surface area contributed by atoms with E-state index in [2.05, 4.69) is 41.1 Å². The van der Waals surface area contributed by atoms with E-state index in [1.165, 1.54) is 0 Å². The van der Waals surface area contributed by atoms with Crippen LogP contribution in [0.25, 0.3) is 0 Å². The summed E-state index contributed by atoms with van der Waals surface area (Å²) in [5.41, 5.74) is 0. The van der Waals surface area contributed by atoms with Crippen LogP contribution in [-0.2, 0) is 6.42 Å². The third-order valence-electron chi connectivity index (χ3n) is 2.91. The molecule has 1 N–H and O–H groups in total. The first-order chi connectivity index (χ1) is 7.95. The maximum Gasteiger partial charge on any atom is 0.244 e. The summed E-state index contributed by atoms with van der Waals surface area (Å²) < 4.78 is 5.36. The summed E-state index contributed by atoms with van der Waals surface area (Å²) in [7, 11) is 6.00. The monoisotopic (exact) mass is 240 g/mol. The van der Waals surface area contributed by atoms with Gasteiger partial charge >= 0.3 is 0 Å². The van der Waals surface area contributed by atoms with Crippen LogP contribution in [0, 0.1) is 5.92 Å². The molecule has 0 radical (unpaired) electrons. The maximum atomic E-state index is 5.36. The first-order valence-corrected chi connectivity index (χ1v) is 6.11. The Labute approximate surface area is 104 Å². The number of hydrogen-bond donors (Lipinski definition) is 1. The third kappa shape index (κ3) is 3.78. The maximum absolute atomic E-state index is 5.36. The molecule has 2 atom stereocenters. The minimum absolute atomic E-state index is 0.182. The largest absolute Gasteiger partial charge is 0.338 e. The van der Waals surface area contributed by atoms with Crippen molar-refractivity contribution in [2.45, 2.75) is 39.3 Å². The fourth-order valence-corrected chi connectivity index (χ4v) is 1.95. The molecule has 17 heavy (non-hydrogen) atoms. The Balaban J connectivity index is 2.78. The van der Waals surface area contributed by atoms with Gasteiger partial charge in [-0.25, -0.2) is 0 Å². The molecule has 0 amide bonds. The first-order valence-electron chi connectivity index (χ1n) is 6.11. The lowest BCUT2D eigenvalue weighted by molar-refractivity contribution is 0.181. The quantitative estimate of drug-likeness (QED) is 0.816. The van der Waals surface area contributed by atoms with E-state index in [1.54, 1.807) is 0 Å². The predicted octanol–water partition coefficient (Wildman–Crippen LogP) is 1.48. The molecule has 5 heteroatoms. The minimum atomic E-state index is 0.182. The molecule has 0 bridgehead atoms. The minimum Gasteiger partial charge on any atom is -0.338 e. The summed E-state index contributed by atoms with van der Waals surface area (Å²) in [6, 6.07) is 0.540. The topological polar surface area (TPSA) is 54.2 Å². The van der Waals surface area contributed by atoms with Crippen LogP contribution in [0.4, 0.5) is 0 Å². The Morgan fingerprint density at radius 3 is 2.41 bits per heavy atom. The van der Waals surface area contributed by atoms with Crippen molar-refractivity contribution in [3.05, 3.63) is 11.7 Å². The van der Waals surface area contributed by atoms with Crippen LogP contribution in [0.2, 0.25) is 0 Å². The van der Waals surface area contributed by atoms with Crippen molar-refractivity contribution in [2.24, 2.45) is 5.92 Å². The van der Waals surface area contributed by atoms with Gasteiger partial charge in [0, 0.05) is 12.5 Å². The number of rotatable bonds is 6. The van der Waals surface area contributed by atoms with Crippen LogP contribution in [0.5, 0.6) is 0 Å². The highest BCUT2D eigenvalue weighted by Crippen LogP contribution is 2.24. The third-order valence-corrected chi connectivity index (χ3v) is 2.91. The Bertz CT molecular complexity index is 327. The van der Waals surface area contributed by atoms with Gasteiger partial charge in [0.1, 0.15) is 0 Å². The number of likely N-dealkylation sites (N-methyl/N-ethyl adjacent to an activating group) is 1. The zero-order valence-corrected chi connectivity index (χ0v) is 11.7. The zero-order chi connectivity index (χ0) is 13.0. The molecule has 1 rings (SSSR count). The molecule has 0 aliphatic rings. The molecular weight excluding hydrogens is 216 g/mol. The Morgan fingerprint density at radius 2 is 1.94 bits per heavy atom. The second-order valence-corrected chi connectivity index (χ2v) is 5.10. The molecule has 0 spiro atoms. The van der Waals surface area contributed by atoms with E-state index in [9.17, 15) is 0 Å². The average molecular weight is 240 g/mol. The molecule has 0 saturated carbocycles. The molecule has 1 aromatic rings. The highest BCUT2D eigenvalue weighted by atomic mass is 16.5. The lowest BCUT2D eigenvalue weighted by Crippen LogP contribution is -2.25. The van der Waals surface area contributed by atoms with Gasteiger partial charge in [-0.15, -0.1) is 0 Å². The van der Waals surface area contributed by atoms with Gasteiger partial charge in [-0.2, -0.15) is 4.98 Å². The number of nitrogens with zero attached hydrogens (tertiary/aromatic N) is 3. The zero-order valence-electron chi connectivity index (χ0n) is 11.7. The molecular formula is C12H24N4O. The van der Waals surface area contributed by atoms with Crippen LogP contribution in [0.15, 0.2) is 4.52 Å². The smallest absolute Gasteiger partial charge is 0.244 e. The summed E-state index contributed by atoms with van der Waals surface area (Å²) in [6.45, 7) is 6.41. The van der Waals surface area contributed by atoms with Crippen molar-refractivity contribution in [3.63, 3.8) is 0 Å². The molecule has 1 heterocycles. The van der Waals surface area contributed by atoms with Gasteiger partial charge in [0.15, 0.2) is 5.82 Å². The normalized spacial score (nSPS) is 15.5. The Hall–Kier alpha value is -0.940. The van der Waals surface area contributed by atoms with Crippen LogP contribution in [-0.4, -0.2) is 42.2 Å². The highest BCUT2D eigenvalue weighted by Gasteiger charge is 2.24. The van der Waals surface area contributed by atoms with E-state index in [0.717, 1.165) is 12.2 Å². The van der Waals surface area contributed by atoms with E-state index < -0.39 is 0 Å². The second kappa shape index (κ2) is 6.12. The lowest BCUT2D eigenvalue weighted by atomic mass is 10.0. The van der Waals surface area contributed by atoms with E-state index in [1.807, 2.05) is 21.1 Å². The molecule has 0 aliphatic carbocycles. The van der Waals surface area contributed by atoms with Crippen LogP contribution < -0.4 is 5.32 Å². The van der Waals surface area contributed by atoms with Gasteiger partial charge in [0.2, 0.25) is 5.89 Å². The van der Waals surface area contributed by atoms with Crippen molar-refractivity contribution >= 4 is 0 Å². The standard InChI is InChI=1S/C12H24N4O/c1-8(2)11(16(5)6)12-14-10(15-17-12)7-9(3)13-4/h8-9,11,13H,7H2,1-6H3. The fraction of sp³-hybridized carbons (Fsp3) is 0.833. The Kier molecular flexibility index (Phi) is 5.08. The van der Waals surface area contributed by atoms with Crippen molar-refractivity contribution < 1.29 is 4.52 Å². The van der Waals surface area contributed by atoms with Crippen molar-refractivity contribution in [3.8, 4) is 0 Å². The Morgan fingerprint density at radius 1 is 1.29 bits per heavy atom. The van der Waals surface area contributed by atoms with Crippen molar-refractivity contribution in [1.82, 2.24) is 20.4 Å². The number of aromatic nitrogens is 2. The lowest BCUT2D eigenvalue weighted by Gasteiger charge is -2.23. The second-order valence-electron chi connectivity index (χ2n) is 5.10. The van der Waals surface area contributed by atoms with Crippen molar-refractivity contribution in [2.75, 3.05) is 21.1 Å². The molecule has 0 aromatic carbocycles. The molecule has 1 aromatic heterocycles. The van der Waals surface area contributed by atoms with E-state index >= 15 is 0 Å². The van der Waals surface area contributed by atoms with Gasteiger partial charge < -0.3 is 9.84 Å². The molecule has 2 unspecified atom stereocenters. The van der Waals surface area contributed by atoms with Crippen molar-refractivity contribution in [1.29, 1.82) is 0 Å². The van der Waals surface area contributed by atoms with E-state index in [-0.39, 0.29) is 6.04 Å². The summed E-state index contributed by atoms with van der Waals surface area (Å²) in [6.07, 6.45) is 0.790. The van der Waals surface area contributed by atoms with Gasteiger partial charge in [0.25, 0.3) is 0 Å². The summed E-state index contributed by atoms with van der Waals surface area (Å²) in [5, 5.41) is 7.20. The summed E-state index contributed by atoms with van der Waals surface area (Å²) >= 11 is 0. The van der Waals surface area contributed by atoms with Gasteiger partial charge in [0.05, 0.1) is 6.04 Å². The molecule has 0 fully saturated rings. The SMILES string of the molecule is CNC(C)Cc1noc(C(C(C)C)N(C)C)n1.